The zero-order valence-corrected chi connectivity index (χ0v) is 8.29. The second-order valence-corrected chi connectivity index (χ2v) is 4.47. The zero-order valence-electron chi connectivity index (χ0n) is 8.29. The molecule has 0 aliphatic carbocycles. The van der Waals surface area contributed by atoms with Gasteiger partial charge < -0.3 is 9.80 Å². The molecule has 0 saturated carbocycles. The van der Waals surface area contributed by atoms with Crippen molar-refractivity contribution in [2.75, 3.05) is 13.1 Å². The molecule has 0 unspecified atom stereocenters. The molecule has 2 atom stereocenters. The van der Waals surface area contributed by atoms with Gasteiger partial charge in [0.15, 0.2) is 0 Å². The third kappa shape index (κ3) is 0.885. The molecule has 4 nitrogen and oxygen atoms in total. The Labute approximate surface area is 83.9 Å². The van der Waals surface area contributed by atoms with Gasteiger partial charge in [0.05, 0.1) is 12.1 Å². The lowest BCUT2D eigenvalue weighted by Crippen LogP contribution is -2.59. The minimum Gasteiger partial charge on any atom is -0.349 e. The molecule has 76 valence electrons. The van der Waals surface area contributed by atoms with Gasteiger partial charge >= 0.3 is 0 Å². The summed E-state index contributed by atoms with van der Waals surface area (Å²) in [5.41, 5.74) is 0. The normalized spacial score (nSPS) is 36.3. The van der Waals surface area contributed by atoms with Crippen LogP contribution >= 0.6 is 0 Å². The highest BCUT2D eigenvalue weighted by atomic mass is 15.4. The van der Waals surface area contributed by atoms with Crippen molar-refractivity contribution < 1.29 is 0 Å². The Morgan fingerprint density at radius 3 is 1.71 bits per heavy atom. The molecule has 0 radical (unpaired) electrons. The molecule has 3 aliphatic heterocycles. The summed E-state index contributed by atoms with van der Waals surface area (Å²) in [6, 6.07) is 0.466. The third-order valence-corrected chi connectivity index (χ3v) is 3.76. The van der Waals surface area contributed by atoms with Gasteiger partial charge in [0.2, 0.25) is 0 Å². The molecule has 2 N–H and O–H groups in total. The van der Waals surface area contributed by atoms with E-state index in [0.717, 1.165) is 50.4 Å². The standard InChI is InChI=1S/C10H16N4/c11-9-7-3-1-5-13(7)10(12)8-4-2-6-14(8)9/h7-8,11-12H,1-6H2/t7-,8-/m0/s1. The molecule has 0 bridgehead atoms. The lowest BCUT2D eigenvalue weighted by Gasteiger charge is -2.42. The fourth-order valence-corrected chi connectivity index (χ4v) is 3.06. The average molecular weight is 192 g/mol. The van der Waals surface area contributed by atoms with Gasteiger partial charge in [-0.2, -0.15) is 0 Å². The molecule has 3 heterocycles. The van der Waals surface area contributed by atoms with Gasteiger partial charge in [-0.3, -0.25) is 10.8 Å². The van der Waals surface area contributed by atoms with Crippen LogP contribution in [-0.2, 0) is 0 Å². The van der Waals surface area contributed by atoms with Gasteiger partial charge in [-0.15, -0.1) is 0 Å². The number of hydrogen-bond acceptors (Lipinski definition) is 2. The van der Waals surface area contributed by atoms with E-state index in [2.05, 4.69) is 9.80 Å². The number of nitrogens with one attached hydrogen (secondary N) is 2. The molecule has 0 spiro atoms. The molecule has 0 amide bonds. The SMILES string of the molecule is N=C1[C@@H]2CCCN2C(=N)[C@@H]2CCCN12. The molecular weight excluding hydrogens is 176 g/mol. The number of nitrogens with zero attached hydrogens (tertiary/aromatic N) is 2. The predicted molar refractivity (Wildman–Crippen MR) is 54.9 cm³/mol. The van der Waals surface area contributed by atoms with E-state index in [1.54, 1.807) is 0 Å². The first kappa shape index (κ1) is 8.26. The number of rotatable bonds is 0. The summed E-state index contributed by atoms with van der Waals surface area (Å²) in [5, 5.41) is 16.2. The van der Waals surface area contributed by atoms with E-state index in [1.165, 1.54) is 0 Å². The highest BCUT2D eigenvalue weighted by Gasteiger charge is 2.44. The van der Waals surface area contributed by atoms with E-state index in [0.29, 0.717) is 0 Å². The van der Waals surface area contributed by atoms with Crippen molar-refractivity contribution >= 4 is 11.7 Å². The van der Waals surface area contributed by atoms with Gasteiger partial charge in [0, 0.05) is 13.1 Å². The van der Waals surface area contributed by atoms with Crippen molar-refractivity contribution in [3.8, 4) is 0 Å². The van der Waals surface area contributed by atoms with E-state index in [-0.39, 0.29) is 12.1 Å². The lowest BCUT2D eigenvalue weighted by molar-refractivity contribution is 0.317. The minimum absolute atomic E-state index is 0.233. The monoisotopic (exact) mass is 192 g/mol. The average Bonchev–Trinajstić information content (AvgIpc) is 2.82. The second kappa shape index (κ2) is 2.72. The van der Waals surface area contributed by atoms with Crippen molar-refractivity contribution in [3.05, 3.63) is 0 Å². The maximum Gasteiger partial charge on any atom is 0.120 e. The molecule has 3 saturated heterocycles. The zero-order chi connectivity index (χ0) is 9.71. The van der Waals surface area contributed by atoms with Crippen LogP contribution in [0.2, 0.25) is 0 Å². The first-order valence-electron chi connectivity index (χ1n) is 5.49. The summed E-state index contributed by atoms with van der Waals surface area (Å²) >= 11 is 0. The van der Waals surface area contributed by atoms with Crippen LogP contribution in [0.4, 0.5) is 0 Å². The van der Waals surface area contributed by atoms with E-state index in [9.17, 15) is 0 Å². The highest BCUT2D eigenvalue weighted by Crippen LogP contribution is 2.31. The summed E-state index contributed by atoms with van der Waals surface area (Å²) in [7, 11) is 0. The maximum atomic E-state index is 8.12. The quantitative estimate of drug-likeness (QED) is 0.598. The summed E-state index contributed by atoms with van der Waals surface area (Å²) in [6.45, 7) is 1.99. The molecular formula is C10H16N4. The Bertz CT molecular complexity index is 244. The Hall–Kier alpha value is -1.06. The van der Waals surface area contributed by atoms with Crippen LogP contribution in [0.1, 0.15) is 25.7 Å². The largest absolute Gasteiger partial charge is 0.349 e. The first-order chi connectivity index (χ1) is 6.79. The van der Waals surface area contributed by atoms with Crippen LogP contribution in [0.3, 0.4) is 0 Å². The molecule has 4 heteroatoms. The van der Waals surface area contributed by atoms with Crippen LogP contribution in [0.25, 0.3) is 0 Å². The second-order valence-electron chi connectivity index (χ2n) is 4.47. The van der Waals surface area contributed by atoms with E-state index < -0.39 is 0 Å². The third-order valence-electron chi connectivity index (χ3n) is 3.76. The molecule has 0 aromatic rings. The van der Waals surface area contributed by atoms with E-state index >= 15 is 0 Å². The lowest BCUT2D eigenvalue weighted by atomic mass is 10.1. The molecule has 3 rings (SSSR count). The molecule has 0 aromatic heterocycles. The summed E-state index contributed by atoms with van der Waals surface area (Å²) in [6.07, 6.45) is 4.45. The minimum atomic E-state index is 0.233. The fourth-order valence-electron chi connectivity index (χ4n) is 3.06. The van der Waals surface area contributed by atoms with E-state index in [4.69, 9.17) is 10.8 Å². The first-order valence-corrected chi connectivity index (χ1v) is 5.49. The summed E-state index contributed by atoms with van der Waals surface area (Å²) in [5.74, 6) is 1.56. The highest BCUT2D eigenvalue weighted by molar-refractivity contribution is 6.00. The van der Waals surface area contributed by atoms with Crippen molar-refractivity contribution in [2.24, 2.45) is 0 Å². The maximum absolute atomic E-state index is 8.12. The van der Waals surface area contributed by atoms with Crippen molar-refractivity contribution in [3.63, 3.8) is 0 Å². The number of piperazine rings is 1. The Morgan fingerprint density at radius 2 is 1.29 bits per heavy atom. The molecule has 14 heavy (non-hydrogen) atoms. The van der Waals surface area contributed by atoms with Crippen LogP contribution in [0.5, 0.6) is 0 Å². The number of amidine groups is 2. The molecule has 3 aliphatic rings. The summed E-state index contributed by atoms with van der Waals surface area (Å²) < 4.78 is 0. The topological polar surface area (TPSA) is 54.2 Å². The van der Waals surface area contributed by atoms with Crippen LogP contribution < -0.4 is 0 Å². The fraction of sp³-hybridized carbons (Fsp3) is 0.800. The van der Waals surface area contributed by atoms with Gasteiger partial charge in [0.1, 0.15) is 11.7 Å². The van der Waals surface area contributed by atoms with Gasteiger partial charge in [0.25, 0.3) is 0 Å². The Morgan fingerprint density at radius 1 is 0.857 bits per heavy atom. The van der Waals surface area contributed by atoms with Crippen molar-refractivity contribution in [2.45, 2.75) is 37.8 Å². The number of fused-ring (bicyclic) bond motifs is 2. The smallest absolute Gasteiger partial charge is 0.120 e. The van der Waals surface area contributed by atoms with Gasteiger partial charge in [-0.1, -0.05) is 0 Å². The van der Waals surface area contributed by atoms with Gasteiger partial charge in [-0.25, -0.2) is 0 Å². The van der Waals surface area contributed by atoms with Gasteiger partial charge in [-0.05, 0) is 25.7 Å². The molecule has 0 aromatic carbocycles. The van der Waals surface area contributed by atoms with Crippen molar-refractivity contribution in [1.82, 2.24) is 9.80 Å². The van der Waals surface area contributed by atoms with Crippen LogP contribution in [0, 0.1) is 10.8 Å². The van der Waals surface area contributed by atoms with Crippen LogP contribution in [0.15, 0.2) is 0 Å². The predicted octanol–water partition coefficient (Wildman–Crippen LogP) is 0.883. The Kier molecular flexibility index (Phi) is 1.60. The Balaban J connectivity index is 1.96. The van der Waals surface area contributed by atoms with E-state index in [1.807, 2.05) is 0 Å². The van der Waals surface area contributed by atoms with Crippen molar-refractivity contribution in [1.29, 1.82) is 10.8 Å². The molecule has 3 fully saturated rings. The number of hydrogen-bond donors (Lipinski definition) is 2. The summed E-state index contributed by atoms with van der Waals surface area (Å²) in [4.78, 5) is 4.30. The van der Waals surface area contributed by atoms with Crippen LogP contribution in [-0.4, -0.2) is 46.6 Å².